The van der Waals surface area contributed by atoms with Crippen LogP contribution in [0.1, 0.15) is 27.2 Å². The Labute approximate surface area is 153 Å². The molecule has 0 amide bonds. The maximum Gasteiger partial charge on any atom is 0.418 e. The number of nitrogens with zero attached hydrogens (tertiary/aromatic N) is 3. The fraction of sp³-hybridized carbons (Fsp3) is 0.278. The van der Waals surface area contributed by atoms with E-state index < -0.39 is 23.2 Å². The van der Waals surface area contributed by atoms with Crippen LogP contribution in [0, 0.1) is 0 Å². The number of carbonyl (C=O) groups excluding carboxylic acids is 1. The van der Waals surface area contributed by atoms with Gasteiger partial charge in [0.15, 0.2) is 0 Å². The molecule has 27 heavy (non-hydrogen) atoms. The molecule has 2 aromatic heterocycles. The van der Waals surface area contributed by atoms with E-state index in [1.54, 1.807) is 0 Å². The molecule has 1 aliphatic heterocycles. The van der Waals surface area contributed by atoms with E-state index in [0.29, 0.717) is 37.6 Å². The van der Waals surface area contributed by atoms with E-state index in [0.717, 1.165) is 6.07 Å². The van der Waals surface area contributed by atoms with Crippen LogP contribution in [0.15, 0.2) is 31.0 Å². The smallest absolute Gasteiger partial charge is 0.383 e. The van der Waals surface area contributed by atoms with Crippen LogP contribution in [0.3, 0.4) is 0 Å². The number of ketones is 1. The number of carbonyl (C=O) groups is 1. The van der Waals surface area contributed by atoms with Crippen LogP contribution in [0.5, 0.6) is 0 Å². The lowest BCUT2D eigenvalue weighted by molar-refractivity contribution is -0.138. The van der Waals surface area contributed by atoms with Gasteiger partial charge in [0.2, 0.25) is 5.78 Å². The number of rotatable bonds is 4. The van der Waals surface area contributed by atoms with Gasteiger partial charge >= 0.3 is 6.18 Å². The van der Waals surface area contributed by atoms with Gasteiger partial charge in [0.05, 0.1) is 11.1 Å². The summed E-state index contributed by atoms with van der Waals surface area (Å²) in [5, 5.41) is 3.15. The SMILES string of the molecule is C=Cc1cnc(N)c(C(=O)c2nc(N3CCNCC3)ccc2C(F)(F)F)c1. The molecule has 3 rings (SSSR count). The molecule has 0 radical (unpaired) electrons. The first-order valence-electron chi connectivity index (χ1n) is 8.28. The van der Waals surface area contributed by atoms with Gasteiger partial charge in [-0.25, -0.2) is 9.97 Å². The first-order chi connectivity index (χ1) is 12.8. The number of hydrogen-bond donors (Lipinski definition) is 2. The highest BCUT2D eigenvalue weighted by Crippen LogP contribution is 2.34. The van der Waals surface area contributed by atoms with E-state index in [1.807, 2.05) is 4.90 Å². The van der Waals surface area contributed by atoms with E-state index in [4.69, 9.17) is 5.73 Å². The van der Waals surface area contributed by atoms with Crippen LogP contribution in [-0.2, 0) is 6.18 Å². The average molecular weight is 377 g/mol. The number of nitrogens with one attached hydrogen (secondary N) is 1. The zero-order valence-electron chi connectivity index (χ0n) is 14.4. The Morgan fingerprint density at radius 3 is 2.63 bits per heavy atom. The molecular formula is C18H18F3N5O. The van der Waals surface area contributed by atoms with Crippen LogP contribution in [0.2, 0.25) is 0 Å². The molecule has 2 aromatic rings. The van der Waals surface area contributed by atoms with Crippen molar-refractivity contribution in [2.45, 2.75) is 6.18 Å². The summed E-state index contributed by atoms with van der Waals surface area (Å²) < 4.78 is 40.4. The Morgan fingerprint density at radius 2 is 2.00 bits per heavy atom. The van der Waals surface area contributed by atoms with E-state index >= 15 is 0 Å². The molecule has 0 aliphatic carbocycles. The third kappa shape index (κ3) is 3.92. The minimum Gasteiger partial charge on any atom is -0.383 e. The van der Waals surface area contributed by atoms with E-state index in [-0.39, 0.29) is 11.4 Å². The molecule has 1 saturated heterocycles. The van der Waals surface area contributed by atoms with Gasteiger partial charge < -0.3 is 16.0 Å². The van der Waals surface area contributed by atoms with Gasteiger partial charge in [-0.2, -0.15) is 13.2 Å². The van der Waals surface area contributed by atoms with Crippen LogP contribution in [0.4, 0.5) is 24.8 Å². The van der Waals surface area contributed by atoms with Gasteiger partial charge in [-0.3, -0.25) is 4.79 Å². The first-order valence-corrected chi connectivity index (χ1v) is 8.28. The molecule has 0 bridgehead atoms. The molecule has 9 heteroatoms. The maximum atomic E-state index is 13.5. The minimum atomic E-state index is -4.72. The standard InChI is InChI=1S/C18H18F3N5O/c1-2-11-9-12(17(22)24-10-11)16(27)15-13(18(19,20)21)3-4-14(25-15)26-7-5-23-6-8-26/h2-4,9-10,23H,1,5-8H2,(H2,22,24). The van der Waals surface area contributed by atoms with E-state index in [1.165, 1.54) is 24.4 Å². The number of aromatic nitrogens is 2. The fourth-order valence-corrected chi connectivity index (χ4v) is 2.83. The lowest BCUT2D eigenvalue weighted by atomic mass is 10.0. The summed E-state index contributed by atoms with van der Waals surface area (Å²) in [6.45, 7) is 6.10. The first kappa shape index (κ1) is 18.8. The van der Waals surface area contributed by atoms with Crippen LogP contribution < -0.4 is 16.0 Å². The lowest BCUT2D eigenvalue weighted by Crippen LogP contribution is -2.44. The molecule has 3 N–H and O–H groups in total. The predicted molar refractivity (Wildman–Crippen MR) is 96.5 cm³/mol. The Kier molecular flexibility index (Phi) is 5.13. The molecule has 0 saturated carbocycles. The summed E-state index contributed by atoms with van der Waals surface area (Å²) >= 11 is 0. The molecule has 0 aromatic carbocycles. The summed E-state index contributed by atoms with van der Waals surface area (Å²) in [7, 11) is 0. The van der Waals surface area contributed by atoms with E-state index in [9.17, 15) is 18.0 Å². The average Bonchev–Trinajstić information content (AvgIpc) is 2.67. The highest BCUT2D eigenvalue weighted by molar-refractivity contribution is 6.11. The second-order valence-electron chi connectivity index (χ2n) is 6.04. The minimum absolute atomic E-state index is 0.136. The normalized spacial score (nSPS) is 14.9. The summed E-state index contributed by atoms with van der Waals surface area (Å²) in [6, 6.07) is 3.53. The number of anilines is 2. The lowest BCUT2D eigenvalue weighted by Gasteiger charge is -2.29. The monoisotopic (exact) mass is 377 g/mol. The predicted octanol–water partition coefficient (Wildman–Crippen LogP) is 2.36. The second kappa shape index (κ2) is 7.36. The third-order valence-corrected chi connectivity index (χ3v) is 4.26. The van der Waals surface area contributed by atoms with Crippen molar-refractivity contribution in [1.82, 2.24) is 15.3 Å². The van der Waals surface area contributed by atoms with E-state index in [2.05, 4.69) is 21.9 Å². The molecular weight excluding hydrogens is 359 g/mol. The van der Waals surface area contributed by atoms with Crippen molar-refractivity contribution in [3.05, 3.63) is 53.4 Å². The Morgan fingerprint density at radius 1 is 1.30 bits per heavy atom. The van der Waals surface area contributed by atoms with Crippen molar-refractivity contribution in [1.29, 1.82) is 0 Å². The summed E-state index contributed by atoms with van der Waals surface area (Å²) in [5.41, 5.74) is 4.27. The number of pyridine rings is 2. The number of nitrogen functional groups attached to an aromatic ring is 1. The van der Waals surface area contributed by atoms with Gasteiger partial charge in [-0.05, 0) is 23.8 Å². The molecule has 0 atom stereocenters. The van der Waals surface area contributed by atoms with Crippen molar-refractivity contribution in [3.8, 4) is 0 Å². The molecule has 1 aliphatic rings. The number of hydrogen-bond acceptors (Lipinski definition) is 6. The largest absolute Gasteiger partial charge is 0.418 e. The number of piperazine rings is 1. The number of alkyl halides is 3. The Bertz CT molecular complexity index is 876. The summed E-state index contributed by atoms with van der Waals surface area (Å²) in [5.74, 6) is -0.764. The highest BCUT2D eigenvalue weighted by Gasteiger charge is 2.37. The van der Waals surface area contributed by atoms with Crippen molar-refractivity contribution >= 4 is 23.5 Å². The molecule has 1 fully saturated rings. The molecule has 142 valence electrons. The summed E-state index contributed by atoms with van der Waals surface area (Å²) in [4.78, 5) is 22.6. The zero-order valence-corrected chi connectivity index (χ0v) is 14.4. The number of nitrogens with two attached hydrogens (primary N) is 1. The third-order valence-electron chi connectivity index (χ3n) is 4.26. The fourth-order valence-electron chi connectivity index (χ4n) is 2.83. The Balaban J connectivity index is 2.10. The van der Waals surface area contributed by atoms with Gasteiger partial charge in [0.1, 0.15) is 17.3 Å². The second-order valence-corrected chi connectivity index (χ2v) is 6.04. The van der Waals surface area contributed by atoms with Gasteiger partial charge in [0, 0.05) is 32.4 Å². The van der Waals surface area contributed by atoms with Crippen LogP contribution in [0.25, 0.3) is 6.08 Å². The Hall–Kier alpha value is -2.94. The van der Waals surface area contributed by atoms with Crippen LogP contribution in [-0.4, -0.2) is 41.9 Å². The number of halogens is 3. The zero-order chi connectivity index (χ0) is 19.6. The highest BCUT2D eigenvalue weighted by atomic mass is 19.4. The van der Waals surface area contributed by atoms with Crippen molar-refractivity contribution in [2.24, 2.45) is 0 Å². The van der Waals surface area contributed by atoms with Gasteiger partial charge in [-0.1, -0.05) is 12.7 Å². The topological polar surface area (TPSA) is 84.1 Å². The molecule has 3 heterocycles. The van der Waals surface area contributed by atoms with Crippen LogP contribution >= 0.6 is 0 Å². The van der Waals surface area contributed by atoms with Crippen molar-refractivity contribution < 1.29 is 18.0 Å². The molecule has 0 spiro atoms. The maximum absolute atomic E-state index is 13.5. The van der Waals surface area contributed by atoms with Gasteiger partial charge in [-0.15, -0.1) is 0 Å². The van der Waals surface area contributed by atoms with Crippen molar-refractivity contribution in [3.63, 3.8) is 0 Å². The molecule has 0 unspecified atom stereocenters. The summed E-state index contributed by atoms with van der Waals surface area (Å²) in [6.07, 6.45) is -1.91. The quantitative estimate of drug-likeness (QED) is 0.796. The molecule has 6 nitrogen and oxygen atoms in total. The van der Waals surface area contributed by atoms with Gasteiger partial charge in [0.25, 0.3) is 0 Å². The van der Waals surface area contributed by atoms with Crippen molar-refractivity contribution in [2.75, 3.05) is 36.8 Å².